The highest BCUT2D eigenvalue weighted by molar-refractivity contribution is 6.31. The van der Waals surface area contributed by atoms with Crippen molar-refractivity contribution in [2.45, 2.75) is 26.3 Å². The molecule has 2 amide bonds. The third kappa shape index (κ3) is 5.59. The molecule has 9 heteroatoms. The zero-order valence-electron chi connectivity index (χ0n) is 18.0. The third-order valence-corrected chi connectivity index (χ3v) is 5.27. The number of fused-ring (bicyclic) bond motifs is 1. The summed E-state index contributed by atoms with van der Waals surface area (Å²) in [4.78, 5) is 39.8. The molecule has 1 aromatic heterocycles. The normalized spacial score (nSPS) is 11.6. The number of esters is 1. The van der Waals surface area contributed by atoms with Crippen LogP contribution in [0.25, 0.3) is 10.9 Å². The summed E-state index contributed by atoms with van der Waals surface area (Å²) in [6.07, 6.45) is 2.00. The topological polar surface area (TPSA) is 110 Å². The molecule has 0 saturated heterocycles. The number of aromatic nitrogens is 1. The van der Waals surface area contributed by atoms with Gasteiger partial charge in [-0.1, -0.05) is 29.8 Å². The van der Waals surface area contributed by atoms with Gasteiger partial charge in [0.1, 0.15) is 11.8 Å². The molecule has 1 heterocycles. The Balaban J connectivity index is 1.66. The summed E-state index contributed by atoms with van der Waals surface area (Å²) in [7, 11) is 1.46. The molecule has 3 rings (SSSR count). The molecule has 0 saturated carbocycles. The summed E-state index contributed by atoms with van der Waals surface area (Å²) < 4.78 is 10.4. The Labute approximate surface area is 190 Å². The van der Waals surface area contributed by atoms with Gasteiger partial charge in [0.25, 0.3) is 5.91 Å². The fourth-order valence-electron chi connectivity index (χ4n) is 3.31. The molecular weight excluding hydrogens is 434 g/mol. The number of nitrogens with one attached hydrogen (secondary N) is 3. The minimum Gasteiger partial charge on any atom is -0.495 e. The second-order valence-corrected chi connectivity index (χ2v) is 7.68. The van der Waals surface area contributed by atoms with Crippen LogP contribution in [0.15, 0.2) is 42.6 Å². The van der Waals surface area contributed by atoms with Gasteiger partial charge in [0, 0.05) is 41.5 Å². The molecule has 3 N–H and O–H groups in total. The van der Waals surface area contributed by atoms with Crippen LogP contribution in [0.1, 0.15) is 18.1 Å². The van der Waals surface area contributed by atoms with E-state index in [0.29, 0.717) is 16.5 Å². The van der Waals surface area contributed by atoms with E-state index in [-0.39, 0.29) is 12.3 Å². The average Bonchev–Trinajstić information content (AvgIpc) is 3.16. The number of hydrogen-bond donors (Lipinski definition) is 3. The first-order valence-corrected chi connectivity index (χ1v) is 10.3. The number of amides is 2. The zero-order valence-corrected chi connectivity index (χ0v) is 18.7. The Morgan fingerprint density at radius 2 is 1.94 bits per heavy atom. The molecule has 32 heavy (non-hydrogen) atoms. The number of carbonyl (C=O) groups is 3. The van der Waals surface area contributed by atoms with Crippen LogP contribution in [0.3, 0.4) is 0 Å². The molecule has 3 aromatic rings. The molecular formula is C23H24ClN3O5. The van der Waals surface area contributed by atoms with Gasteiger partial charge in [0.15, 0.2) is 6.61 Å². The molecule has 0 spiro atoms. The van der Waals surface area contributed by atoms with Crippen LogP contribution in [0.2, 0.25) is 5.02 Å². The number of anilines is 1. The van der Waals surface area contributed by atoms with Crippen molar-refractivity contribution in [3.63, 3.8) is 0 Å². The van der Waals surface area contributed by atoms with Crippen molar-refractivity contribution in [3.05, 3.63) is 58.7 Å². The monoisotopic (exact) mass is 457 g/mol. The highest BCUT2D eigenvalue weighted by atomic mass is 35.5. The van der Waals surface area contributed by atoms with Crippen LogP contribution in [0.5, 0.6) is 5.75 Å². The lowest BCUT2D eigenvalue weighted by atomic mass is 10.0. The number of H-pyrrole nitrogens is 1. The maximum absolute atomic E-state index is 12.7. The molecule has 0 aliphatic carbocycles. The highest BCUT2D eigenvalue weighted by Crippen LogP contribution is 2.30. The predicted octanol–water partition coefficient (Wildman–Crippen LogP) is 3.37. The van der Waals surface area contributed by atoms with Crippen molar-refractivity contribution in [1.29, 1.82) is 0 Å². The van der Waals surface area contributed by atoms with Crippen LogP contribution < -0.4 is 15.4 Å². The third-order valence-electron chi connectivity index (χ3n) is 4.86. The number of carbonyl (C=O) groups excluding carboxylic acids is 3. The van der Waals surface area contributed by atoms with Crippen LogP contribution >= 0.6 is 11.6 Å². The van der Waals surface area contributed by atoms with Crippen LogP contribution in [-0.4, -0.2) is 42.5 Å². The van der Waals surface area contributed by atoms with E-state index in [1.165, 1.54) is 14.0 Å². The molecule has 1 atom stereocenters. The highest BCUT2D eigenvalue weighted by Gasteiger charge is 2.24. The number of halogens is 1. The molecule has 0 radical (unpaired) electrons. The fourth-order valence-corrected chi connectivity index (χ4v) is 3.47. The lowest BCUT2D eigenvalue weighted by Gasteiger charge is -2.17. The Morgan fingerprint density at radius 1 is 1.19 bits per heavy atom. The molecule has 0 fully saturated rings. The number of rotatable bonds is 8. The number of aryl methyl sites for hydroxylation is 1. The minimum absolute atomic E-state index is 0.217. The Bertz CT molecular complexity index is 1160. The predicted molar refractivity (Wildman–Crippen MR) is 122 cm³/mol. The van der Waals surface area contributed by atoms with E-state index in [9.17, 15) is 14.4 Å². The average molecular weight is 458 g/mol. The first-order chi connectivity index (χ1) is 15.3. The van der Waals surface area contributed by atoms with E-state index in [1.54, 1.807) is 25.3 Å². The lowest BCUT2D eigenvalue weighted by molar-refractivity contribution is -0.150. The largest absolute Gasteiger partial charge is 0.495 e. The van der Waals surface area contributed by atoms with Crippen molar-refractivity contribution in [1.82, 2.24) is 10.3 Å². The quantitative estimate of drug-likeness (QED) is 0.449. The fraction of sp³-hybridized carbons (Fsp3) is 0.261. The number of benzene rings is 2. The molecule has 0 unspecified atom stereocenters. The van der Waals surface area contributed by atoms with Gasteiger partial charge < -0.3 is 25.1 Å². The Hall–Kier alpha value is -3.52. The summed E-state index contributed by atoms with van der Waals surface area (Å²) in [6, 6.07) is 9.95. The Kier molecular flexibility index (Phi) is 7.37. The number of methoxy groups -OCH3 is 1. The van der Waals surface area contributed by atoms with E-state index in [2.05, 4.69) is 15.6 Å². The molecule has 168 valence electrons. The van der Waals surface area contributed by atoms with Gasteiger partial charge in [-0.15, -0.1) is 0 Å². The summed E-state index contributed by atoms with van der Waals surface area (Å²) in [6.45, 7) is 2.59. The van der Waals surface area contributed by atoms with Crippen molar-refractivity contribution >= 4 is 46.0 Å². The SMILES string of the molecule is COc1cc(Cl)c(C)cc1NC(=O)COC(=O)[C@H](Cc1c[nH]c2ccccc12)NC(C)=O. The van der Waals surface area contributed by atoms with Gasteiger partial charge in [-0.3, -0.25) is 9.59 Å². The van der Waals surface area contributed by atoms with Crippen molar-refractivity contribution < 1.29 is 23.9 Å². The van der Waals surface area contributed by atoms with Gasteiger partial charge in [0.2, 0.25) is 5.91 Å². The van der Waals surface area contributed by atoms with Gasteiger partial charge in [-0.05, 0) is 30.2 Å². The number of aromatic amines is 1. The second-order valence-electron chi connectivity index (χ2n) is 7.27. The molecule has 8 nitrogen and oxygen atoms in total. The number of hydrogen-bond acceptors (Lipinski definition) is 5. The summed E-state index contributed by atoms with van der Waals surface area (Å²) in [5.41, 5.74) is 2.93. The minimum atomic E-state index is -0.938. The van der Waals surface area contributed by atoms with Gasteiger partial charge in [-0.25, -0.2) is 4.79 Å². The summed E-state index contributed by atoms with van der Waals surface area (Å²) >= 11 is 6.08. The Morgan fingerprint density at radius 3 is 2.66 bits per heavy atom. The van der Waals surface area contributed by atoms with Crippen LogP contribution in [0.4, 0.5) is 5.69 Å². The maximum Gasteiger partial charge on any atom is 0.329 e. The van der Waals surface area contributed by atoms with Gasteiger partial charge >= 0.3 is 5.97 Å². The summed E-state index contributed by atoms with van der Waals surface area (Å²) in [5.74, 6) is -1.25. The maximum atomic E-state index is 12.7. The van der Waals surface area contributed by atoms with Crippen LogP contribution in [0, 0.1) is 6.92 Å². The molecule has 2 aromatic carbocycles. The van der Waals surface area contributed by atoms with Crippen molar-refractivity contribution in [2.24, 2.45) is 0 Å². The number of para-hydroxylation sites is 1. The standard InChI is InChI=1S/C23H24ClN3O5/c1-13-8-19(21(31-3)10-17(13)24)27-22(29)12-32-23(30)20(26-14(2)28)9-15-11-25-18-7-5-4-6-16(15)18/h4-8,10-11,20,25H,9,12H2,1-3H3,(H,26,28)(H,27,29)/t20-/m0/s1. The van der Waals surface area contributed by atoms with E-state index in [0.717, 1.165) is 22.0 Å². The molecule has 0 aliphatic heterocycles. The lowest BCUT2D eigenvalue weighted by Crippen LogP contribution is -2.43. The van der Waals surface area contributed by atoms with Crippen LogP contribution in [-0.2, 0) is 25.5 Å². The van der Waals surface area contributed by atoms with Crippen molar-refractivity contribution in [2.75, 3.05) is 19.0 Å². The smallest absolute Gasteiger partial charge is 0.329 e. The summed E-state index contributed by atoms with van der Waals surface area (Å²) in [5, 5.41) is 6.68. The second kappa shape index (κ2) is 10.2. The zero-order chi connectivity index (χ0) is 23.3. The van der Waals surface area contributed by atoms with Gasteiger partial charge in [-0.2, -0.15) is 0 Å². The van der Waals surface area contributed by atoms with Crippen molar-refractivity contribution in [3.8, 4) is 5.75 Å². The van der Waals surface area contributed by atoms with E-state index >= 15 is 0 Å². The first-order valence-electron chi connectivity index (χ1n) is 9.91. The first kappa shape index (κ1) is 23.1. The van der Waals surface area contributed by atoms with E-state index < -0.39 is 24.5 Å². The van der Waals surface area contributed by atoms with Gasteiger partial charge in [0.05, 0.1) is 12.8 Å². The van der Waals surface area contributed by atoms with E-state index in [4.69, 9.17) is 21.1 Å². The molecule has 0 aliphatic rings. The van der Waals surface area contributed by atoms with E-state index in [1.807, 2.05) is 24.3 Å². The number of ether oxygens (including phenoxy) is 2. The molecule has 0 bridgehead atoms.